The Hall–Kier alpha value is -4.12. The number of nitrogens with zero attached hydrogens (tertiary/aromatic N) is 3. The zero-order valence-electron chi connectivity index (χ0n) is 18.3. The van der Waals surface area contributed by atoms with Crippen LogP contribution in [-0.4, -0.2) is 26.6 Å². The molecular weight excluding hydrogens is 410 g/mol. The van der Waals surface area contributed by atoms with Gasteiger partial charge in [-0.1, -0.05) is 60.7 Å². The molecule has 0 saturated carbocycles. The Morgan fingerprint density at radius 3 is 2.03 bits per heavy atom. The SMILES string of the molecule is O=C(CCC(=O)N(Cc1ccncc1)Cc1cccnc1)c1ccc(-c2ccccc2)cc1. The fraction of sp³-hybridized carbons (Fsp3) is 0.143. The van der Waals surface area contributed by atoms with Gasteiger partial charge >= 0.3 is 0 Å². The fourth-order valence-corrected chi connectivity index (χ4v) is 3.65. The Kier molecular flexibility index (Phi) is 7.33. The first kappa shape index (κ1) is 22.1. The summed E-state index contributed by atoms with van der Waals surface area (Å²) in [5.41, 5.74) is 4.72. The van der Waals surface area contributed by atoms with E-state index in [1.165, 1.54) is 0 Å². The number of benzene rings is 2. The zero-order chi connectivity index (χ0) is 22.9. The van der Waals surface area contributed by atoms with Gasteiger partial charge in [-0.3, -0.25) is 19.6 Å². The molecule has 0 aliphatic carbocycles. The van der Waals surface area contributed by atoms with Crippen LogP contribution >= 0.6 is 0 Å². The van der Waals surface area contributed by atoms with E-state index >= 15 is 0 Å². The van der Waals surface area contributed by atoms with E-state index < -0.39 is 0 Å². The average Bonchev–Trinajstić information content (AvgIpc) is 2.88. The largest absolute Gasteiger partial charge is 0.334 e. The molecule has 1 amide bonds. The summed E-state index contributed by atoms with van der Waals surface area (Å²) in [6, 6.07) is 25.2. The molecule has 164 valence electrons. The van der Waals surface area contributed by atoms with Crippen molar-refractivity contribution >= 4 is 11.7 Å². The van der Waals surface area contributed by atoms with E-state index in [0.717, 1.165) is 22.3 Å². The molecule has 0 N–H and O–H groups in total. The Morgan fingerprint density at radius 1 is 0.636 bits per heavy atom. The van der Waals surface area contributed by atoms with Crippen molar-refractivity contribution in [1.29, 1.82) is 0 Å². The van der Waals surface area contributed by atoms with Crippen LogP contribution in [0.15, 0.2) is 104 Å². The van der Waals surface area contributed by atoms with Crippen molar-refractivity contribution in [3.8, 4) is 11.1 Å². The van der Waals surface area contributed by atoms with Crippen LogP contribution in [0.3, 0.4) is 0 Å². The van der Waals surface area contributed by atoms with Gasteiger partial charge in [0.1, 0.15) is 0 Å². The summed E-state index contributed by atoms with van der Waals surface area (Å²) in [7, 11) is 0. The van der Waals surface area contributed by atoms with Gasteiger partial charge in [-0.25, -0.2) is 0 Å². The number of ketones is 1. The van der Waals surface area contributed by atoms with Crippen LogP contribution in [-0.2, 0) is 17.9 Å². The van der Waals surface area contributed by atoms with Gasteiger partial charge in [0.25, 0.3) is 0 Å². The summed E-state index contributed by atoms with van der Waals surface area (Å²) >= 11 is 0. The van der Waals surface area contributed by atoms with Gasteiger partial charge in [-0.05, 0) is 40.5 Å². The second-order valence-electron chi connectivity index (χ2n) is 7.83. The second-order valence-corrected chi connectivity index (χ2v) is 7.83. The monoisotopic (exact) mass is 435 g/mol. The van der Waals surface area contributed by atoms with E-state index in [1.54, 1.807) is 29.7 Å². The molecule has 0 radical (unpaired) electrons. The van der Waals surface area contributed by atoms with E-state index in [9.17, 15) is 9.59 Å². The maximum atomic E-state index is 13.1. The van der Waals surface area contributed by atoms with Crippen LogP contribution in [0.25, 0.3) is 11.1 Å². The van der Waals surface area contributed by atoms with Gasteiger partial charge < -0.3 is 4.90 Å². The molecule has 0 saturated heterocycles. The molecule has 4 rings (SSSR count). The standard InChI is InChI=1S/C28H25N3O2/c32-27(26-10-8-25(9-11-26)24-6-2-1-3-7-24)12-13-28(33)31(20-22-14-17-29-18-15-22)21-23-5-4-16-30-19-23/h1-11,14-19H,12-13,20-21H2. The van der Waals surface area contributed by atoms with Crippen LogP contribution in [0.1, 0.15) is 34.3 Å². The minimum absolute atomic E-state index is 0.0341. The Labute approximate surface area is 193 Å². The summed E-state index contributed by atoms with van der Waals surface area (Å²) in [5.74, 6) is -0.0990. The molecule has 2 aromatic carbocycles. The molecular formula is C28H25N3O2. The van der Waals surface area contributed by atoms with Crippen molar-refractivity contribution in [2.75, 3.05) is 0 Å². The molecule has 5 nitrogen and oxygen atoms in total. The van der Waals surface area contributed by atoms with Crippen LogP contribution in [0, 0.1) is 0 Å². The number of hydrogen-bond donors (Lipinski definition) is 0. The molecule has 5 heteroatoms. The van der Waals surface area contributed by atoms with Crippen molar-refractivity contribution in [2.45, 2.75) is 25.9 Å². The maximum absolute atomic E-state index is 13.1. The minimum atomic E-state index is -0.0649. The molecule has 0 unspecified atom stereocenters. The highest BCUT2D eigenvalue weighted by molar-refractivity contribution is 5.98. The molecule has 0 spiro atoms. The van der Waals surface area contributed by atoms with Crippen LogP contribution in [0.4, 0.5) is 0 Å². The number of Topliss-reactive ketones (excluding diaryl/α,β-unsaturated/α-hetero) is 1. The molecule has 2 heterocycles. The fourth-order valence-electron chi connectivity index (χ4n) is 3.65. The molecule has 33 heavy (non-hydrogen) atoms. The smallest absolute Gasteiger partial charge is 0.223 e. The lowest BCUT2D eigenvalue weighted by Gasteiger charge is -2.23. The van der Waals surface area contributed by atoms with E-state index in [4.69, 9.17) is 0 Å². The first-order chi connectivity index (χ1) is 16.2. The first-order valence-electron chi connectivity index (χ1n) is 10.9. The molecule has 4 aromatic rings. The normalized spacial score (nSPS) is 10.5. The van der Waals surface area contributed by atoms with Crippen LogP contribution < -0.4 is 0 Å². The molecule has 0 aliphatic heterocycles. The Bertz CT molecular complexity index is 1140. The number of amides is 1. The van der Waals surface area contributed by atoms with Crippen molar-refractivity contribution in [1.82, 2.24) is 14.9 Å². The second kappa shape index (κ2) is 11.0. The van der Waals surface area contributed by atoms with Crippen molar-refractivity contribution < 1.29 is 9.59 Å². The number of carbonyl (C=O) groups is 2. The van der Waals surface area contributed by atoms with Crippen molar-refractivity contribution in [3.05, 3.63) is 120 Å². The molecule has 0 atom stereocenters. The number of aromatic nitrogens is 2. The van der Waals surface area contributed by atoms with Gasteiger partial charge in [0.15, 0.2) is 5.78 Å². The molecule has 2 aromatic heterocycles. The van der Waals surface area contributed by atoms with Gasteiger partial charge in [0.2, 0.25) is 5.91 Å². The van der Waals surface area contributed by atoms with E-state index in [1.807, 2.05) is 78.9 Å². The van der Waals surface area contributed by atoms with E-state index in [0.29, 0.717) is 18.7 Å². The molecule has 0 fully saturated rings. The predicted octanol–water partition coefficient (Wildman–Crippen LogP) is 5.34. The molecule has 0 aliphatic rings. The van der Waals surface area contributed by atoms with Crippen molar-refractivity contribution in [2.24, 2.45) is 0 Å². The Morgan fingerprint density at radius 2 is 1.33 bits per heavy atom. The highest BCUT2D eigenvalue weighted by Crippen LogP contribution is 2.20. The Balaban J connectivity index is 1.40. The topological polar surface area (TPSA) is 63.2 Å². The lowest BCUT2D eigenvalue weighted by molar-refractivity contribution is -0.132. The van der Waals surface area contributed by atoms with Gasteiger partial charge in [0.05, 0.1) is 0 Å². The quantitative estimate of drug-likeness (QED) is 0.333. The minimum Gasteiger partial charge on any atom is -0.334 e. The summed E-state index contributed by atoms with van der Waals surface area (Å²) in [5, 5.41) is 0. The number of carbonyl (C=O) groups excluding carboxylic acids is 2. The predicted molar refractivity (Wildman–Crippen MR) is 128 cm³/mol. The number of rotatable bonds is 9. The lowest BCUT2D eigenvalue weighted by Crippen LogP contribution is -2.30. The van der Waals surface area contributed by atoms with Crippen LogP contribution in [0.5, 0.6) is 0 Å². The maximum Gasteiger partial charge on any atom is 0.223 e. The third kappa shape index (κ3) is 6.20. The number of pyridine rings is 2. The van der Waals surface area contributed by atoms with Gasteiger partial charge in [0, 0.05) is 56.3 Å². The first-order valence-corrected chi connectivity index (χ1v) is 10.9. The van der Waals surface area contributed by atoms with Crippen LogP contribution in [0.2, 0.25) is 0 Å². The summed E-state index contributed by atoms with van der Waals surface area (Å²) in [6.45, 7) is 0.894. The highest BCUT2D eigenvalue weighted by atomic mass is 16.2. The zero-order valence-corrected chi connectivity index (χ0v) is 18.3. The number of hydrogen-bond acceptors (Lipinski definition) is 4. The summed E-state index contributed by atoms with van der Waals surface area (Å²) in [4.78, 5) is 35.8. The summed E-state index contributed by atoms with van der Waals surface area (Å²) < 4.78 is 0. The third-order valence-corrected chi connectivity index (χ3v) is 5.45. The van der Waals surface area contributed by atoms with Gasteiger partial charge in [-0.15, -0.1) is 0 Å². The van der Waals surface area contributed by atoms with Crippen molar-refractivity contribution in [3.63, 3.8) is 0 Å². The van der Waals surface area contributed by atoms with Gasteiger partial charge in [-0.2, -0.15) is 0 Å². The van der Waals surface area contributed by atoms with E-state index in [2.05, 4.69) is 9.97 Å². The molecule has 0 bridgehead atoms. The lowest BCUT2D eigenvalue weighted by atomic mass is 10.0. The third-order valence-electron chi connectivity index (χ3n) is 5.45. The average molecular weight is 436 g/mol. The highest BCUT2D eigenvalue weighted by Gasteiger charge is 2.17. The summed E-state index contributed by atoms with van der Waals surface area (Å²) in [6.07, 6.45) is 7.22. The van der Waals surface area contributed by atoms with E-state index in [-0.39, 0.29) is 24.5 Å².